The van der Waals surface area contributed by atoms with Crippen LogP contribution in [0.4, 0.5) is 10.1 Å². The molecule has 0 spiro atoms. The molecule has 3 unspecified atom stereocenters. The first kappa shape index (κ1) is 17.7. The van der Waals surface area contributed by atoms with Gasteiger partial charge < -0.3 is 10.1 Å². The van der Waals surface area contributed by atoms with Gasteiger partial charge in [-0.15, -0.1) is 0 Å². The molecule has 3 aliphatic rings. The highest BCUT2D eigenvalue weighted by Gasteiger charge is 2.44. The van der Waals surface area contributed by atoms with E-state index in [1.165, 1.54) is 28.9 Å². The lowest BCUT2D eigenvalue weighted by atomic mass is 9.97. The van der Waals surface area contributed by atoms with Crippen LogP contribution >= 0.6 is 0 Å². The quantitative estimate of drug-likeness (QED) is 0.646. The van der Waals surface area contributed by atoms with Gasteiger partial charge in [-0.1, -0.05) is 30.3 Å². The van der Waals surface area contributed by atoms with Crippen molar-refractivity contribution >= 4 is 17.5 Å². The van der Waals surface area contributed by atoms with Crippen LogP contribution in [0.2, 0.25) is 0 Å². The molecular formula is C23H19FN2O3. The average molecular weight is 390 g/mol. The molecule has 1 fully saturated rings. The van der Waals surface area contributed by atoms with Crippen LogP contribution in [0, 0.1) is 11.7 Å². The minimum absolute atomic E-state index is 0.00435. The summed E-state index contributed by atoms with van der Waals surface area (Å²) in [4.78, 5) is 26.5. The van der Waals surface area contributed by atoms with Crippen molar-refractivity contribution in [2.45, 2.75) is 25.6 Å². The summed E-state index contributed by atoms with van der Waals surface area (Å²) in [6.45, 7) is 1.69. The van der Waals surface area contributed by atoms with E-state index in [2.05, 4.69) is 11.4 Å². The van der Waals surface area contributed by atoms with Crippen molar-refractivity contribution in [1.82, 2.24) is 5.32 Å². The van der Waals surface area contributed by atoms with E-state index in [0.29, 0.717) is 16.8 Å². The molecule has 2 aromatic rings. The molecule has 1 saturated heterocycles. The van der Waals surface area contributed by atoms with E-state index < -0.39 is 12.0 Å². The first-order valence-corrected chi connectivity index (χ1v) is 9.54. The van der Waals surface area contributed by atoms with Crippen molar-refractivity contribution in [1.29, 1.82) is 0 Å². The van der Waals surface area contributed by atoms with Crippen molar-refractivity contribution in [3.63, 3.8) is 0 Å². The van der Waals surface area contributed by atoms with Crippen LogP contribution < -0.4 is 10.2 Å². The maximum absolute atomic E-state index is 13.7. The van der Waals surface area contributed by atoms with E-state index in [0.717, 1.165) is 12.0 Å². The molecule has 2 aliphatic heterocycles. The van der Waals surface area contributed by atoms with Crippen molar-refractivity contribution < 1.29 is 18.7 Å². The Morgan fingerprint density at radius 1 is 1.17 bits per heavy atom. The zero-order valence-corrected chi connectivity index (χ0v) is 15.8. The van der Waals surface area contributed by atoms with Gasteiger partial charge in [0.05, 0.1) is 23.6 Å². The number of fused-ring (bicyclic) bond motifs is 3. The zero-order valence-electron chi connectivity index (χ0n) is 15.8. The molecule has 0 aromatic heterocycles. The largest absolute Gasteiger partial charge is 0.474 e. The van der Waals surface area contributed by atoms with E-state index in [4.69, 9.17) is 4.74 Å². The number of halogens is 1. The normalized spacial score (nSPS) is 26.4. The smallest absolute Gasteiger partial charge is 0.257 e. The van der Waals surface area contributed by atoms with Gasteiger partial charge >= 0.3 is 0 Å². The molecule has 146 valence electrons. The number of rotatable bonds is 3. The fourth-order valence-electron chi connectivity index (χ4n) is 4.40. The van der Waals surface area contributed by atoms with Gasteiger partial charge in [-0.25, -0.2) is 4.39 Å². The molecule has 5 nitrogen and oxygen atoms in total. The standard InChI is InChI=1S/C23H19FN2O3/c1-13-9-20(26(23(13)28)16-7-4-6-15(24)11-16)29-12-19-18-10-14-5-2-3-8-17(14)21(18)25-22(19)27/h2-9,11-12,18,20-21H,10H2,1H3,(H,25,27)/b19-12+. The Labute approximate surface area is 167 Å². The van der Waals surface area contributed by atoms with Gasteiger partial charge in [0.25, 0.3) is 11.8 Å². The van der Waals surface area contributed by atoms with Crippen LogP contribution in [0.5, 0.6) is 0 Å². The third kappa shape index (κ3) is 2.83. The highest BCUT2D eigenvalue weighted by Crippen LogP contribution is 2.44. The highest BCUT2D eigenvalue weighted by molar-refractivity contribution is 6.08. The summed E-state index contributed by atoms with van der Waals surface area (Å²) in [5.41, 5.74) is 3.85. The van der Waals surface area contributed by atoms with Gasteiger partial charge in [0.15, 0.2) is 6.23 Å². The molecule has 1 N–H and O–H groups in total. The molecule has 2 aromatic carbocycles. The van der Waals surface area contributed by atoms with Crippen LogP contribution in [0.15, 0.2) is 72.0 Å². The second-order valence-electron chi connectivity index (χ2n) is 7.57. The summed E-state index contributed by atoms with van der Waals surface area (Å²) in [6, 6.07) is 13.9. The van der Waals surface area contributed by atoms with Crippen LogP contribution in [-0.2, 0) is 20.7 Å². The maximum atomic E-state index is 13.7. The Kier molecular flexibility index (Phi) is 4.01. The lowest BCUT2D eigenvalue weighted by molar-refractivity contribution is -0.116. The van der Waals surface area contributed by atoms with Crippen LogP contribution in [0.3, 0.4) is 0 Å². The fourth-order valence-corrected chi connectivity index (χ4v) is 4.40. The van der Waals surface area contributed by atoms with Gasteiger partial charge in [0.2, 0.25) is 0 Å². The molecule has 1 aliphatic carbocycles. The number of anilines is 1. The average Bonchev–Trinajstić information content (AvgIpc) is 3.30. The van der Waals surface area contributed by atoms with Crippen LogP contribution in [0.25, 0.3) is 0 Å². The molecule has 0 bridgehead atoms. The fraction of sp³-hybridized carbons (Fsp3) is 0.217. The second kappa shape index (κ2) is 6.58. The maximum Gasteiger partial charge on any atom is 0.257 e. The molecular weight excluding hydrogens is 371 g/mol. The summed E-state index contributed by atoms with van der Waals surface area (Å²) >= 11 is 0. The SMILES string of the molecule is CC1=CC(O/C=C2/C(=O)NC3c4ccccc4CC23)N(c2cccc(F)c2)C1=O. The molecule has 0 saturated carbocycles. The Hall–Kier alpha value is -3.41. The molecule has 2 amide bonds. The number of carbonyl (C=O) groups is 2. The molecule has 0 radical (unpaired) electrons. The summed E-state index contributed by atoms with van der Waals surface area (Å²) < 4.78 is 19.6. The van der Waals surface area contributed by atoms with Gasteiger partial charge in [0.1, 0.15) is 5.82 Å². The Bertz CT molecular complexity index is 1090. The summed E-state index contributed by atoms with van der Waals surface area (Å²) in [5, 5.41) is 3.03. The number of carbonyl (C=O) groups excluding carboxylic acids is 2. The monoisotopic (exact) mass is 390 g/mol. The minimum Gasteiger partial charge on any atom is -0.474 e. The summed E-state index contributed by atoms with van der Waals surface area (Å²) in [6.07, 6.45) is 3.18. The van der Waals surface area contributed by atoms with Gasteiger partial charge in [-0.2, -0.15) is 0 Å². The Morgan fingerprint density at radius 3 is 2.83 bits per heavy atom. The number of benzene rings is 2. The third-order valence-electron chi connectivity index (χ3n) is 5.80. The first-order chi connectivity index (χ1) is 14.0. The van der Waals surface area contributed by atoms with Crippen LogP contribution in [0.1, 0.15) is 24.1 Å². The Balaban J connectivity index is 1.42. The van der Waals surface area contributed by atoms with Crippen molar-refractivity contribution in [2.24, 2.45) is 5.92 Å². The minimum atomic E-state index is -0.729. The molecule has 2 heterocycles. The summed E-state index contributed by atoms with van der Waals surface area (Å²) in [5.74, 6) is -0.832. The lowest BCUT2D eigenvalue weighted by Crippen LogP contribution is -2.35. The highest BCUT2D eigenvalue weighted by atomic mass is 19.1. The first-order valence-electron chi connectivity index (χ1n) is 9.54. The van der Waals surface area contributed by atoms with Gasteiger partial charge in [0, 0.05) is 11.5 Å². The molecule has 3 atom stereocenters. The van der Waals surface area contributed by atoms with Crippen molar-refractivity contribution in [3.05, 3.63) is 89.0 Å². The number of nitrogens with one attached hydrogen (secondary N) is 1. The van der Waals surface area contributed by atoms with Gasteiger partial charge in [-0.3, -0.25) is 14.5 Å². The second-order valence-corrected chi connectivity index (χ2v) is 7.57. The van der Waals surface area contributed by atoms with Crippen molar-refractivity contribution in [3.8, 4) is 0 Å². The number of hydrogen-bond donors (Lipinski definition) is 1. The predicted octanol–water partition coefficient (Wildman–Crippen LogP) is 3.39. The molecule has 6 heteroatoms. The summed E-state index contributed by atoms with van der Waals surface area (Å²) in [7, 11) is 0. The van der Waals surface area contributed by atoms with E-state index in [1.807, 2.05) is 18.2 Å². The zero-order chi connectivity index (χ0) is 20.1. The van der Waals surface area contributed by atoms with E-state index in [1.54, 1.807) is 25.1 Å². The van der Waals surface area contributed by atoms with E-state index in [-0.39, 0.29) is 23.8 Å². The number of ether oxygens (including phenoxy) is 1. The van der Waals surface area contributed by atoms with Crippen LogP contribution in [-0.4, -0.2) is 18.0 Å². The van der Waals surface area contributed by atoms with Crippen molar-refractivity contribution in [2.75, 3.05) is 4.90 Å². The molecule has 29 heavy (non-hydrogen) atoms. The predicted molar refractivity (Wildman–Crippen MR) is 105 cm³/mol. The topological polar surface area (TPSA) is 58.6 Å². The number of amides is 2. The lowest BCUT2D eigenvalue weighted by Gasteiger charge is -2.24. The van der Waals surface area contributed by atoms with E-state index >= 15 is 0 Å². The number of nitrogens with zero attached hydrogens (tertiary/aromatic N) is 1. The van der Waals surface area contributed by atoms with E-state index in [9.17, 15) is 14.0 Å². The third-order valence-corrected chi connectivity index (χ3v) is 5.80. The Morgan fingerprint density at radius 2 is 2.00 bits per heavy atom. The number of hydrogen-bond acceptors (Lipinski definition) is 3. The molecule has 5 rings (SSSR count). The van der Waals surface area contributed by atoms with Gasteiger partial charge in [-0.05, 0) is 48.7 Å².